The highest BCUT2D eigenvalue weighted by molar-refractivity contribution is 7.98. The zero-order valence-corrected chi connectivity index (χ0v) is 14.6. The first-order valence-corrected chi connectivity index (χ1v) is 8.82. The lowest BCUT2D eigenvalue weighted by atomic mass is 10.1. The van der Waals surface area contributed by atoms with Crippen molar-refractivity contribution in [2.24, 2.45) is 0 Å². The van der Waals surface area contributed by atoms with Crippen molar-refractivity contribution in [2.75, 3.05) is 17.6 Å². The van der Waals surface area contributed by atoms with Crippen LogP contribution in [0, 0.1) is 13.8 Å². The Morgan fingerprint density at radius 1 is 1.14 bits per heavy atom. The maximum Gasteiger partial charge on any atom is 0.171 e. The predicted octanol–water partition coefficient (Wildman–Crippen LogP) is 3.92. The molecular formula is C17H21N3S2. The largest absolute Gasteiger partial charge is 0.362 e. The molecule has 0 unspecified atom stereocenters. The van der Waals surface area contributed by atoms with Crippen LogP contribution in [-0.2, 0) is 5.75 Å². The molecule has 0 fully saturated rings. The van der Waals surface area contributed by atoms with Gasteiger partial charge in [0.05, 0.1) is 0 Å². The fourth-order valence-electron chi connectivity index (χ4n) is 1.96. The van der Waals surface area contributed by atoms with E-state index in [1.54, 1.807) is 0 Å². The number of nitrogens with zero attached hydrogens (tertiary/aromatic N) is 1. The van der Waals surface area contributed by atoms with Crippen LogP contribution in [0.5, 0.6) is 0 Å². The summed E-state index contributed by atoms with van der Waals surface area (Å²) in [5.41, 5.74) is 3.73. The molecule has 5 heteroatoms. The molecule has 1 heterocycles. The third-order valence-corrected chi connectivity index (χ3v) is 4.44. The molecule has 0 amide bonds. The molecule has 0 aliphatic rings. The SMILES string of the molecule is Cc1cccc(NC(=S)NCCSCc2ccccc2C)n1. The van der Waals surface area contributed by atoms with Crippen molar-refractivity contribution in [2.45, 2.75) is 19.6 Å². The van der Waals surface area contributed by atoms with Gasteiger partial charge in [-0.25, -0.2) is 4.98 Å². The van der Waals surface area contributed by atoms with Crippen LogP contribution in [0.2, 0.25) is 0 Å². The minimum Gasteiger partial charge on any atom is -0.362 e. The molecule has 0 saturated heterocycles. The van der Waals surface area contributed by atoms with Gasteiger partial charge in [-0.15, -0.1) is 0 Å². The summed E-state index contributed by atoms with van der Waals surface area (Å²) in [6, 6.07) is 14.3. The van der Waals surface area contributed by atoms with E-state index in [1.165, 1.54) is 11.1 Å². The topological polar surface area (TPSA) is 37.0 Å². The van der Waals surface area contributed by atoms with Crippen molar-refractivity contribution in [3.63, 3.8) is 0 Å². The summed E-state index contributed by atoms with van der Waals surface area (Å²) in [4.78, 5) is 4.36. The Morgan fingerprint density at radius 3 is 2.73 bits per heavy atom. The second-order valence-electron chi connectivity index (χ2n) is 5.02. The number of hydrogen-bond donors (Lipinski definition) is 2. The molecule has 0 aliphatic heterocycles. The fraction of sp³-hybridized carbons (Fsp3) is 0.294. The molecule has 22 heavy (non-hydrogen) atoms. The Morgan fingerprint density at radius 2 is 1.95 bits per heavy atom. The van der Waals surface area contributed by atoms with E-state index in [2.05, 4.69) is 46.8 Å². The van der Waals surface area contributed by atoms with Crippen molar-refractivity contribution < 1.29 is 0 Å². The first kappa shape index (κ1) is 16.8. The number of hydrogen-bond acceptors (Lipinski definition) is 3. The van der Waals surface area contributed by atoms with E-state index in [1.807, 2.05) is 36.9 Å². The van der Waals surface area contributed by atoms with Crippen LogP contribution in [0.1, 0.15) is 16.8 Å². The number of thioether (sulfide) groups is 1. The quantitative estimate of drug-likeness (QED) is 0.620. The Labute approximate surface area is 141 Å². The summed E-state index contributed by atoms with van der Waals surface area (Å²) in [6.45, 7) is 4.96. The van der Waals surface area contributed by atoms with Crippen molar-refractivity contribution >= 4 is 34.9 Å². The van der Waals surface area contributed by atoms with Gasteiger partial charge in [0.1, 0.15) is 5.82 Å². The standard InChI is InChI=1S/C17H21N3S2/c1-13-6-3-4-8-15(13)12-22-11-10-18-17(21)20-16-9-5-7-14(2)19-16/h3-9H,10-12H2,1-2H3,(H2,18,19,20,21). The average molecular weight is 332 g/mol. The van der Waals surface area contributed by atoms with E-state index in [4.69, 9.17) is 12.2 Å². The molecular weight excluding hydrogens is 310 g/mol. The molecule has 116 valence electrons. The van der Waals surface area contributed by atoms with Crippen LogP contribution in [-0.4, -0.2) is 22.4 Å². The maximum absolute atomic E-state index is 5.27. The van der Waals surface area contributed by atoms with Gasteiger partial charge in [-0.05, 0) is 49.3 Å². The molecule has 1 aromatic heterocycles. The highest BCUT2D eigenvalue weighted by Crippen LogP contribution is 2.15. The van der Waals surface area contributed by atoms with Crippen LogP contribution in [0.3, 0.4) is 0 Å². The van der Waals surface area contributed by atoms with Crippen molar-refractivity contribution in [3.8, 4) is 0 Å². The minimum absolute atomic E-state index is 0.620. The molecule has 2 rings (SSSR count). The highest BCUT2D eigenvalue weighted by atomic mass is 32.2. The highest BCUT2D eigenvalue weighted by Gasteiger charge is 2.00. The monoisotopic (exact) mass is 331 g/mol. The number of aromatic nitrogens is 1. The summed E-state index contributed by atoms with van der Waals surface area (Å²) in [6.07, 6.45) is 0. The van der Waals surface area contributed by atoms with E-state index in [9.17, 15) is 0 Å². The second kappa shape index (κ2) is 8.76. The predicted molar refractivity (Wildman–Crippen MR) is 101 cm³/mol. The lowest BCUT2D eigenvalue weighted by Gasteiger charge is -2.10. The molecule has 0 spiro atoms. The van der Waals surface area contributed by atoms with Crippen molar-refractivity contribution in [3.05, 3.63) is 59.3 Å². The second-order valence-corrected chi connectivity index (χ2v) is 6.54. The van der Waals surface area contributed by atoms with Gasteiger partial charge in [0.25, 0.3) is 0 Å². The van der Waals surface area contributed by atoms with E-state index in [0.717, 1.165) is 29.6 Å². The Balaban J connectivity index is 1.64. The van der Waals surface area contributed by atoms with E-state index in [-0.39, 0.29) is 0 Å². The Kier molecular flexibility index (Phi) is 6.68. The summed E-state index contributed by atoms with van der Waals surface area (Å²) in [7, 11) is 0. The first-order chi connectivity index (χ1) is 10.6. The zero-order chi connectivity index (χ0) is 15.8. The van der Waals surface area contributed by atoms with Gasteiger partial charge >= 0.3 is 0 Å². The molecule has 0 saturated carbocycles. The van der Waals surface area contributed by atoms with Crippen LogP contribution in [0.25, 0.3) is 0 Å². The van der Waals surface area contributed by atoms with Gasteiger partial charge in [0.15, 0.2) is 5.11 Å². The van der Waals surface area contributed by atoms with Gasteiger partial charge in [0.2, 0.25) is 0 Å². The summed E-state index contributed by atoms with van der Waals surface area (Å²) in [5.74, 6) is 2.83. The first-order valence-electron chi connectivity index (χ1n) is 7.26. The number of pyridine rings is 1. The lowest BCUT2D eigenvalue weighted by molar-refractivity contribution is 0.987. The van der Waals surface area contributed by atoms with Crippen LogP contribution < -0.4 is 10.6 Å². The molecule has 2 aromatic rings. The zero-order valence-electron chi connectivity index (χ0n) is 12.9. The van der Waals surface area contributed by atoms with Crippen molar-refractivity contribution in [1.29, 1.82) is 0 Å². The lowest BCUT2D eigenvalue weighted by Crippen LogP contribution is -2.30. The van der Waals surface area contributed by atoms with E-state index >= 15 is 0 Å². The molecule has 3 nitrogen and oxygen atoms in total. The van der Waals surface area contributed by atoms with Gasteiger partial charge < -0.3 is 10.6 Å². The Bertz CT molecular complexity index is 629. The molecule has 0 radical (unpaired) electrons. The molecule has 0 bridgehead atoms. The third-order valence-electron chi connectivity index (χ3n) is 3.18. The smallest absolute Gasteiger partial charge is 0.171 e. The number of benzene rings is 1. The van der Waals surface area contributed by atoms with Gasteiger partial charge in [-0.1, -0.05) is 30.3 Å². The van der Waals surface area contributed by atoms with Gasteiger partial charge in [-0.3, -0.25) is 0 Å². The maximum atomic E-state index is 5.27. The van der Waals surface area contributed by atoms with Crippen LogP contribution in [0.4, 0.5) is 5.82 Å². The number of aryl methyl sites for hydroxylation is 2. The summed E-state index contributed by atoms with van der Waals surface area (Å²) in [5, 5.41) is 6.93. The molecule has 2 N–H and O–H groups in total. The number of rotatable bonds is 6. The van der Waals surface area contributed by atoms with Gasteiger partial charge in [-0.2, -0.15) is 11.8 Å². The third kappa shape index (κ3) is 5.66. The number of anilines is 1. The minimum atomic E-state index is 0.620. The normalized spacial score (nSPS) is 10.3. The fourth-order valence-corrected chi connectivity index (χ4v) is 3.11. The summed E-state index contributed by atoms with van der Waals surface area (Å²) >= 11 is 7.18. The molecule has 0 aliphatic carbocycles. The Hall–Kier alpha value is -1.59. The molecule has 0 atom stereocenters. The van der Waals surface area contributed by atoms with E-state index < -0.39 is 0 Å². The van der Waals surface area contributed by atoms with Gasteiger partial charge in [0, 0.05) is 23.7 Å². The van der Waals surface area contributed by atoms with Crippen molar-refractivity contribution in [1.82, 2.24) is 10.3 Å². The van der Waals surface area contributed by atoms with Crippen LogP contribution >= 0.6 is 24.0 Å². The average Bonchev–Trinajstić information content (AvgIpc) is 2.48. The number of nitrogens with one attached hydrogen (secondary N) is 2. The summed E-state index contributed by atoms with van der Waals surface area (Å²) < 4.78 is 0. The molecule has 1 aromatic carbocycles. The number of thiocarbonyl (C=S) groups is 1. The van der Waals surface area contributed by atoms with E-state index in [0.29, 0.717) is 5.11 Å². The van der Waals surface area contributed by atoms with Crippen LogP contribution in [0.15, 0.2) is 42.5 Å².